The van der Waals surface area contributed by atoms with Crippen LogP contribution in [0, 0.1) is 6.92 Å². The SMILES string of the molecule is Cc1csc(SCC(=O)N[C@H](C)c2cccs2)n1. The van der Waals surface area contributed by atoms with Crippen LogP contribution in [0.3, 0.4) is 0 Å². The van der Waals surface area contributed by atoms with Gasteiger partial charge in [-0.1, -0.05) is 17.8 Å². The number of thiophene rings is 1. The minimum atomic E-state index is 0.0498. The van der Waals surface area contributed by atoms with Crippen molar-refractivity contribution in [2.45, 2.75) is 24.2 Å². The molecule has 2 rings (SSSR count). The van der Waals surface area contributed by atoms with Gasteiger partial charge in [-0.25, -0.2) is 4.98 Å². The summed E-state index contributed by atoms with van der Waals surface area (Å²) in [6.07, 6.45) is 0. The number of aromatic nitrogens is 1. The largest absolute Gasteiger partial charge is 0.348 e. The second-order valence-corrected chi connectivity index (χ2v) is 6.91. The molecule has 0 aliphatic heterocycles. The highest BCUT2D eigenvalue weighted by Gasteiger charge is 2.11. The van der Waals surface area contributed by atoms with Gasteiger partial charge < -0.3 is 5.32 Å². The summed E-state index contributed by atoms with van der Waals surface area (Å²) < 4.78 is 0.950. The highest BCUT2D eigenvalue weighted by molar-refractivity contribution is 8.01. The molecule has 1 N–H and O–H groups in total. The van der Waals surface area contributed by atoms with E-state index in [9.17, 15) is 4.79 Å². The molecule has 0 aromatic carbocycles. The van der Waals surface area contributed by atoms with Crippen LogP contribution in [0.4, 0.5) is 0 Å². The fourth-order valence-corrected chi connectivity index (χ4v) is 3.81. The second kappa shape index (κ2) is 6.36. The average Bonchev–Trinajstić information content (AvgIpc) is 2.97. The van der Waals surface area contributed by atoms with Crippen molar-refractivity contribution in [2.24, 2.45) is 0 Å². The monoisotopic (exact) mass is 298 g/mol. The first-order chi connectivity index (χ1) is 8.65. The second-order valence-electron chi connectivity index (χ2n) is 3.85. The molecule has 0 spiro atoms. The first-order valence-corrected chi connectivity index (χ1v) is 8.27. The number of nitrogens with zero attached hydrogens (tertiary/aromatic N) is 1. The molecule has 0 aliphatic carbocycles. The Bertz CT molecular complexity index is 507. The smallest absolute Gasteiger partial charge is 0.230 e. The van der Waals surface area contributed by atoms with Crippen molar-refractivity contribution >= 4 is 40.3 Å². The molecule has 0 saturated carbocycles. The van der Waals surface area contributed by atoms with Crippen LogP contribution in [0.25, 0.3) is 0 Å². The summed E-state index contributed by atoms with van der Waals surface area (Å²) in [5.41, 5.74) is 1.01. The van der Waals surface area contributed by atoms with Gasteiger partial charge in [0.2, 0.25) is 5.91 Å². The lowest BCUT2D eigenvalue weighted by molar-refractivity contribution is -0.119. The number of aryl methyl sites for hydroxylation is 1. The molecule has 3 nitrogen and oxygen atoms in total. The van der Waals surface area contributed by atoms with Crippen LogP contribution in [-0.2, 0) is 4.79 Å². The van der Waals surface area contributed by atoms with Crippen LogP contribution in [0.1, 0.15) is 23.5 Å². The van der Waals surface area contributed by atoms with E-state index in [1.165, 1.54) is 16.6 Å². The first kappa shape index (κ1) is 13.6. The molecule has 18 heavy (non-hydrogen) atoms. The predicted molar refractivity (Wildman–Crippen MR) is 78.5 cm³/mol. The minimum Gasteiger partial charge on any atom is -0.348 e. The summed E-state index contributed by atoms with van der Waals surface area (Å²) in [4.78, 5) is 17.3. The molecule has 0 bridgehead atoms. The Labute approximate surface area is 119 Å². The number of amides is 1. The molecular weight excluding hydrogens is 284 g/mol. The van der Waals surface area contributed by atoms with Crippen LogP contribution >= 0.6 is 34.4 Å². The maximum absolute atomic E-state index is 11.8. The van der Waals surface area contributed by atoms with Gasteiger partial charge in [0.15, 0.2) is 4.34 Å². The Morgan fingerprint density at radius 3 is 3.00 bits per heavy atom. The molecule has 96 valence electrons. The Morgan fingerprint density at radius 1 is 1.56 bits per heavy atom. The Kier molecular flexibility index (Phi) is 4.79. The van der Waals surface area contributed by atoms with Gasteiger partial charge in [0.1, 0.15) is 0 Å². The number of carbonyl (C=O) groups is 1. The summed E-state index contributed by atoms with van der Waals surface area (Å²) in [7, 11) is 0. The summed E-state index contributed by atoms with van der Waals surface area (Å²) >= 11 is 4.73. The van der Waals surface area contributed by atoms with Crippen molar-refractivity contribution in [3.05, 3.63) is 33.5 Å². The number of rotatable bonds is 5. The third kappa shape index (κ3) is 3.83. The Morgan fingerprint density at radius 2 is 2.39 bits per heavy atom. The topological polar surface area (TPSA) is 42.0 Å². The standard InChI is InChI=1S/C12H14N2OS3/c1-8-6-17-12(13-8)18-7-11(15)14-9(2)10-4-3-5-16-10/h3-6,9H,7H2,1-2H3,(H,14,15)/t9-/m1/s1. The van der Waals surface area contributed by atoms with Gasteiger partial charge in [0, 0.05) is 16.0 Å². The Hall–Kier alpha value is -0.850. The lowest BCUT2D eigenvalue weighted by atomic mass is 10.3. The highest BCUT2D eigenvalue weighted by Crippen LogP contribution is 2.23. The highest BCUT2D eigenvalue weighted by atomic mass is 32.2. The van der Waals surface area contributed by atoms with E-state index in [1.807, 2.05) is 36.7 Å². The van der Waals surface area contributed by atoms with Crippen LogP contribution in [-0.4, -0.2) is 16.6 Å². The van der Waals surface area contributed by atoms with Gasteiger partial charge in [-0.05, 0) is 25.3 Å². The van der Waals surface area contributed by atoms with Crippen LogP contribution < -0.4 is 5.32 Å². The van der Waals surface area contributed by atoms with E-state index < -0.39 is 0 Å². The normalized spacial score (nSPS) is 12.3. The van der Waals surface area contributed by atoms with E-state index in [0.29, 0.717) is 5.75 Å². The number of hydrogen-bond donors (Lipinski definition) is 1. The Balaban J connectivity index is 1.78. The summed E-state index contributed by atoms with van der Waals surface area (Å²) in [5, 5.41) is 7.00. The van der Waals surface area contributed by atoms with Crippen molar-refractivity contribution in [1.82, 2.24) is 10.3 Å². The number of thioether (sulfide) groups is 1. The fraction of sp³-hybridized carbons (Fsp3) is 0.333. The van der Waals surface area contributed by atoms with Gasteiger partial charge in [0.05, 0.1) is 11.8 Å². The number of nitrogens with one attached hydrogen (secondary N) is 1. The molecule has 6 heteroatoms. The van der Waals surface area contributed by atoms with Crippen LogP contribution in [0.15, 0.2) is 27.2 Å². The van der Waals surface area contributed by atoms with E-state index in [1.54, 1.807) is 22.7 Å². The summed E-state index contributed by atoms with van der Waals surface area (Å²) in [5.74, 6) is 0.469. The van der Waals surface area contributed by atoms with E-state index in [4.69, 9.17) is 0 Å². The molecule has 2 heterocycles. The van der Waals surface area contributed by atoms with Gasteiger partial charge in [-0.3, -0.25) is 4.79 Å². The molecular formula is C12H14N2OS3. The van der Waals surface area contributed by atoms with Gasteiger partial charge >= 0.3 is 0 Å². The van der Waals surface area contributed by atoms with E-state index in [0.717, 1.165) is 10.0 Å². The zero-order valence-electron chi connectivity index (χ0n) is 10.2. The van der Waals surface area contributed by atoms with Crippen LogP contribution in [0.5, 0.6) is 0 Å². The molecule has 0 unspecified atom stereocenters. The summed E-state index contributed by atoms with van der Waals surface area (Å²) in [6.45, 7) is 3.96. The molecule has 1 amide bonds. The molecule has 1 atom stereocenters. The zero-order valence-corrected chi connectivity index (χ0v) is 12.6. The first-order valence-electron chi connectivity index (χ1n) is 5.53. The van der Waals surface area contributed by atoms with E-state index in [2.05, 4.69) is 10.3 Å². The molecule has 0 aliphatic rings. The lowest BCUT2D eigenvalue weighted by Gasteiger charge is -2.11. The zero-order chi connectivity index (χ0) is 13.0. The fourth-order valence-electron chi connectivity index (χ4n) is 1.42. The van der Waals surface area contributed by atoms with Gasteiger partial charge in [0.25, 0.3) is 0 Å². The number of hydrogen-bond acceptors (Lipinski definition) is 5. The quantitative estimate of drug-likeness (QED) is 0.859. The van der Waals surface area contributed by atoms with E-state index >= 15 is 0 Å². The van der Waals surface area contributed by atoms with Gasteiger partial charge in [-0.15, -0.1) is 22.7 Å². The van der Waals surface area contributed by atoms with Crippen molar-refractivity contribution in [3.8, 4) is 0 Å². The number of carbonyl (C=O) groups excluding carboxylic acids is 1. The summed E-state index contributed by atoms with van der Waals surface area (Å²) in [6, 6.07) is 4.11. The van der Waals surface area contributed by atoms with Crippen LogP contribution in [0.2, 0.25) is 0 Å². The molecule has 2 aromatic heterocycles. The maximum Gasteiger partial charge on any atom is 0.230 e. The number of thiazole rings is 1. The average molecular weight is 298 g/mol. The maximum atomic E-state index is 11.8. The minimum absolute atomic E-state index is 0.0498. The van der Waals surface area contributed by atoms with Gasteiger partial charge in [-0.2, -0.15) is 0 Å². The molecule has 2 aromatic rings. The van der Waals surface area contributed by atoms with Crippen molar-refractivity contribution in [1.29, 1.82) is 0 Å². The molecule has 0 radical (unpaired) electrons. The molecule has 0 fully saturated rings. The van der Waals surface area contributed by atoms with Crippen molar-refractivity contribution < 1.29 is 4.79 Å². The van der Waals surface area contributed by atoms with Crippen molar-refractivity contribution in [3.63, 3.8) is 0 Å². The third-order valence-corrected chi connectivity index (χ3v) is 5.47. The lowest BCUT2D eigenvalue weighted by Crippen LogP contribution is -2.27. The van der Waals surface area contributed by atoms with Crippen molar-refractivity contribution in [2.75, 3.05) is 5.75 Å². The predicted octanol–water partition coefficient (Wildman–Crippen LogP) is 3.48. The third-order valence-electron chi connectivity index (χ3n) is 2.27. The van der Waals surface area contributed by atoms with E-state index in [-0.39, 0.29) is 11.9 Å². The molecule has 0 saturated heterocycles.